The Bertz CT molecular complexity index is 491. The average molecular weight is 294 g/mol. The van der Waals surface area contributed by atoms with Crippen molar-refractivity contribution in [1.29, 1.82) is 0 Å². The molecule has 0 N–H and O–H groups in total. The Morgan fingerprint density at radius 1 is 1.10 bits per heavy atom. The summed E-state index contributed by atoms with van der Waals surface area (Å²) in [6.07, 6.45) is 7.40. The number of carbonyl (C=O) groups excluding carboxylic acids is 1. The first-order valence-electron chi connectivity index (χ1n) is 7.60. The third-order valence-corrected chi connectivity index (χ3v) is 4.22. The van der Waals surface area contributed by atoms with Gasteiger partial charge in [-0.1, -0.05) is 38.5 Å². The van der Waals surface area contributed by atoms with Gasteiger partial charge in [-0.3, -0.25) is 4.79 Å². The summed E-state index contributed by atoms with van der Waals surface area (Å²) in [7, 11) is 2.93. The van der Waals surface area contributed by atoms with E-state index in [1.54, 1.807) is 0 Å². The summed E-state index contributed by atoms with van der Waals surface area (Å²) in [6.45, 7) is 0. The van der Waals surface area contributed by atoms with Crippen LogP contribution < -0.4 is 9.47 Å². The van der Waals surface area contributed by atoms with Gasteiger partial charge >= 0.3 is 0 Å². The minimum absolute atomic E-state index is 0.108. The molecule has 0 aliphatic heterocycles. The van der Waals surface area contributed by atoms with E-state index in [-0.39, 0.29) is 11.3 Å². The van der Waals surface area contributed by atoms with Gasteiger partial charge in [-0.05, 0) is 12.0 Å². The van der Waals surface area contributed by atoms with Crippen LogP contribution in [0.25, 0.3) is 0 Å². The van der Waals surface area contributed by atoms with Gasteiger partial charge in [0.15, 0.2) is 17.3 Å². The molecule has 1 aliphatic carbocycles. The van der Waals surface area contributed by atoms with E-state index in [2.05, 4.69) is 0 Å². The zero-order valence-corrected chi connectivity index (χ0v) is 12.8. The van der Waals surface area contributed by atoms with Crippen molar-refractivity contribution in [1.82, 2.24) is 0 Å². The Hall–Kier alpha value is -1.58. The van der Waals surface area contributed by atoms with E-state index >= 15 is 0 Å². The predicted molar refractivity (Wildman–Crippen MR) is 79.6 cm³/mol. The molecule has 0 heterocycles. The van der Waals surface area contributed by atoms with E-state index in [1.807, 2.05) is 0 Å². The van der Waals surface area contributed by atoms with Crippen molar-refractivity contribution in [3.8, 4) is 11.5 Å². The second-order valence-corrected chi connectivity index (χ2v) is 5.67. The Balaban J connectivity index is 2.14. The molecule has 2 rings (SSSR count). The van der Waals surface area contributed by atoms with Crippen molar-refractivity contribution in [2.45, 2.75) is 44.9 Å². The van der Waals surface area contributed by atoms with Gasteiger partial charge in [0, 0.05) is 12.5 Å². The molecule has 4 heteroatoms. The number of ketones is 1. The van der Waals surface area contributed by atoms with Crippen LogP contribution in [0.1, 0.15) is 55.3 Å². The molecule has 1 fully saturated rings. The number of rotatable bonds is 5. The molecule has 1 aliphatic rings. The lowest BCUT2D eigenvalue weighted by Gasteiger charge is -2.14. The maximum Gasteiger partial charge on any atom is 0.166 e. The molecule has 0 aromatic heterocycles. The maximum absolute atomic E-state index is 14.1. The highest BCUT2D eigenvalue weighted by Crippen LogP contribution is 2.32. The van der Waals surface area contributed by atoms with Gasteiger partial charge in [0.25, 0.3) is 0 Å². The first-order valence-corrected chi connectivity index (χ1v) is 7.60. The molecule has 0 unspecified atom stereocenters. The van der Waals surface area contributed by atoms with Crippen LogP contribution in [0.4, 0.5) is 4.39 Å². The molecule has 1 saturated carbocycles. The van der Waals surface area contributed by atoms with Crippen LogP contribution in [-0.2, 0) is 0 Å². The molecule has 116 valence electrons. The number of hydrogen-bond acceptors (Lipinski definition) is 3. The molecular formula is C17H23FO3. The van der Waals surface area contributed by atoms with Crippen molar-refractivity contribution in [3.63, 3.8) is 0 Å². The zero-order valence-electron chi connectivity index (χ0n) is 12.8. The molecule has 0 amide bonds. The van der Waals surface area contributed by atoms with Crippen molar-refractivity contribution in [2.24, 2.45) is 5.92 Å². The van der Waals surface area contributed by atoms with Crippen molar-refractivity contribution >= 4 is 5.78 Å². The summed E-state index contributed by atoms with van der Waals surface area (Å²) in [5, 5.41) is 0. The van der Waals surface area contributed by atoms with Crippen LogP contribution in [-0.4, -0.2) is 20.0 Å². The number of ether oxygens (including phenoxy) is 2. The highest BCUT2D eigenvalue weighted by atomic mass is 19.1. The summed E-state index contributed by atoms with van der Waals surface area (Å²) in [4.78, 5) is 12.4. The molecule has 0 bridgehead atoms. The fraction of sp³-hybridized carbons (Fsp3) is 0.588. The van der Waals surface area contributed by atoms with E-state index in [1.165, 1.54) is 52.0 Å². The van der Waals surface area contributed by atoms with Gasteiger partial charge in [0.1, 0.15) is 5.82 Å². The monoisotopic (exact) mass is 294 g/mol. The smallest absolute Gasteiger partial charge is 0.166 e. The second-order valence-electron chi connectivity index (χ2n) is 5.67. The van der Waals surface area contributed by atoms with Gasteiger partial charge < -0.3 is 9.47 Å². The van der Waals surface area contributed by atoms with Gasteiger partial charge in [-0.2, -0.15) is 0 Å². The van der Waals surface area contributed by atoms with Crippen LogP contribution >= 0.6 is 0 Å². The molecule has 21 heavy (non-hydrogen) atoms. The number of carbonyl (C=O) groups is 1. The molecule has 3 nitrogen and oxygen atoms in total. The van der Waals surface area contributed by atoms with Crippen LogP contribution in [0.3, 0.4) is 0 Å². The lowest BCUT2D eigenvalue weighted by atomic mass is 9.92. The van der Waals surface area contributed by atoms with E-state index in [9.17, 15) is 9.18 Å². The molecule has 0 saturated heterocycles. The number of halogens is 1. The highest BCUT2D eigenvalue weighted by Gasteiger charge is 2.21. The Kier molecular flexibility index (Phi) is 5.59. The molecule has 1 aromatic carbocycles. The van der Waals surface area contributed by atoms with E-state index < -0.39 is 5.82 Å². The number of Topliss-reactive ketones (excluding diaryl/α,β-unsaturated/α-hetero) is 1. The molecule has 1 aromatic rings. The fourth-order valence-corrected chi connectivity index (χ4v) is 3.01. The van der Waals surface area contributed by atoms with E-state index in [4.69, 9.17) is 9.47 Å². The standard InChI is InChI=1S/C17H23FO3/c1-20-16-10-13(14(18)11-17(16)21-2)15(19)9-12-7-5-3-4-6-8-12/h10-12H,3-9H2,1-2H3. The lowest BCUT2D eigenvalue weighted by Crippen LogP contribution is -2.10. The van der Waals surface area contributed by atoms with E-state index in [0.29, 0.717) is 23.8 Å². The van der Waals surface area contributed by atoms with Gasteiger partial charge in [0.05, 0.1) is 19.8 Å². The zero-order chi connectivity index (χ0) is 15.2. The average Bonchev–Trinajstić information content (AvgIpc) is 2.75. The lowest BCUT2D eigenvalue weighted by molar-refractivity contribution is 0.0952. The van der Waals surface area contributed by atoms with Crippen LogP contribution in [0, 0.1) is 11.7 Å². The normalized spacial score (nSPS) is 16.3. The number of hydrogen-bond donors (Lipinski definition) is 0. The van der Waals surface area contributed by atoms with Crippen molar-refractivity contribution in [3.05, 3.63) is 23.5 Å². The second kappa shape index (κ2) is 7.43. The highest BCUT2D eigenvalue weighted by molar-refractivity contribution is 5.97. The summed E-state index contributed by atoms with van der Waals surface area (Å²) in [5.41, 5.74) is 0.108. The summed E-state index contributed by atoms with van der Waals surface area (Å²) >= 11 is 0. The van der Waals surface area contributed by atoms with Gasteiger partial charge in [0.2, 0.25) is 0 Å². The maximum atomic E-state index is 14.1. The van der Waals surface area contributed by atoms with E-state index in [0.717, 1.165) is 12.8 Å². The Labute approximate surface area is 125 Å². The predicted octanol–water partition coefficient (Wildman–Crippen LogP) is 4.39. The quantitative estimate of drug-likeness (QED) is 0.597. The fourth-order valence-electron chi connectivity index (χ4n) is 3.01. The third kappa shape index (κ3) is 3.96. The minimum Gasteiger partial charge on any atom is -0.493 e. The van der Waals surface area contributed by atoms with Crippen LogP contribution in [0.15, 0.2) is 12.1 Å². The SMILES string of the molecule is COc1cc(F)c(C(=O)CC2CCCCCC2)cc1OC. The first kappa shape index (κ1) is 15.8. The molecule has 0 atom stereocenters. The van der Waals surface area contributed by atoms with Gasteiger partial charge in [-0.25, -0.2) is 4.39 Å². The molecule has 0 radical (unpaired) electrons. The largest absolute Gasteiger partial charge is 0.493 e. The third-order valence-electron chi connectivity index (χ3n) is 4.22. The molecular weight excluding hydrogens is 271 g/mol. The number of benzene rings is 1. The molecule has 0 spiro atoms. The summed E-state index contributed by atoms with van der Waals surface area (Å²) in [6, 6.07) is 2.67. The first-order chi connectivity index (χ1) is 10.2. The summed E-state index contributed by atoms with van der Waals surface area (Å²) in [5.74, 6) is 0.406. The Morgan fingerprint density at radius 3 is 2.24 bits per heavy atom. The van der Waals surface area contributed by atoms with Crippen molar-refractivity contribution in [2.75, 3.05) is 14.2 Å². The number of methoxy groups -OCH3 is 2. The Morgan fingerprint density at radius 2 is 1.67 bits per heavy atom. The topological polar surface area (TPSA) is 35.5 Å². The van der Waals surface area contributed by atoms with Crippen molar-refractivity contribution < 1.29 is 18.7 Å². The summed E-state index contributed by atoms with van der Waals surface area (Å²) < 4.78 is 24.3. The minimum atomic E-state index is -0.536. The van der Waals surface area contributed by atoms with Gasteiger partial charge in [-0.15, -0.1) is 0 Å². The van der Waals surface area contributed by atoms with Crippen LogP contribution in [0.2, 0.25) is 0 Å². The van der Waals surface area contributed by atoms with Crippen LogP contribution in [0.5, 0.6) is 11.5 Å².